The van der Waals surface area contributed by atoms with E-state index in [1.165, 1.54) is 35.5 Å². The van der Waals surface area contributed by atoms with Crippen LogP contribution in [0.1, 0.15) is 40.3 Å². The van der Waals surface area contributed by atoms with Gasteiger partial charge in [0.15, 0.2) is 11.6 Å². The molecule has 2 amide bonds. The fraction of sp³-hybridized carbons (Fsp3) is 0.250. The standard InChI is InChI=1S/C40H33NO6S/c1-47-33-19-25(42)14-15-28(33)36-27-16-17-29-35(39(46)41(38(29)45)22-26-13-8-18-48-26)31(27)20-32-37(44)30(23-9-4-2-5-10-23)21-34(43)40(32,36)24-11-6-3-7-12-24/h2-16,18-19,21,29,31-32,35-36,42H,17,20,22H2,1H3/t29-,31+,32-,35-,36+,40-/m0/s1. The SMILES string of the molecule is COc1cc(O)ccc1[C@H]1C2=CC[C@@H]3C(=O)N(Cc4cccs4)C(=O)[C@@H]3[C@@H]2C[C@H]2C(=O)C(c3ccccc3)=CC(=O)[C@@]12c1ccccc1. The molecule has 6 atom stereocenters. The van der Waals surface area contributed by atoms with Gasteiger partial charge in [-0.15, -0.1) is 11.3 Å². The van der Waals surface area contributed by atoms with Gasteiger partial charge >= 0.3 is 0 Å². The number of benzene rings is 3. The number of allylic oxidation sites excluding steroid dienone is 4. The number of carbonyl (C=O) groups is 4. The number of thiophene rings is 1. The summed E-state index contributed by atoms with van der Waals surface area (Å²) in [7, 11) is 1.51. The van der Waals surface area contributed by atoms with Crippen molar-refractivity contribution in [2.75, 3.05) is 7.11 Å². The van der Waals surface area contributed by atoms with E-state index in [4.69, 9.17) is 4.74 Å². The number of imide groups is 1. The largest absolute Gasteiger partial charge is 0.508 e. The quantitative estimate of drug-likeness (QED) is 0.188. The number of phenols is 1. The molecule has 4 aromatic rings. The molecule has 0 radical (unpaired) electrons. The molecular weight excluding hydrogens is 623 g/mol. The third kappa shape index (κ3) is 4.39. The van der Waals surface area contributed by atoms with E-state index in [1.807, 2.05) is 84.3 Å². The Bertz CT molecular complexity index is 2020. The molecule has 4 aliphatic rings. The average molecular weight is 656 g/mol. The van der Waals surface area contributed by atoms with Crippen LogP contribution < -0.4 is 4.74 Å². The van der Waals surface area contributed by atoms with Crippen molar-refractivity contribution in [1.82, 2.24) is 4.90 Å². The lowest BCUT2D eigenvalue weighted by Gasteiger charge is -2.55. The number of rotatable bonds is 6. The summed E-state index contributed by atoms with van der Waals surface area (Å²) in [4.78, 5) is 60.6. The fourth-order valence-corrected chi connectivity index (χ4v) is 9.63. The van der Waals surface area contributed by atoms with E-state index in [0.29, 0.717) is 34.4 Å². The number of fused-ring (bicyclic) bond motifs is 4. The monoisotopic (exact) mass is 655 g/mol. The zero-order valence-corrected chi connectivity index (χ0v) is 27.1. The van der Waals surface area contributed by atoms with Crippen molar-refractivity contribution in [3.8, 4) is 11.5 Å². The van der Waals surface area contributed by atoms with Crippen LogP contribution in [0.4, 0.5) is 0 Å². The Morgan fingerprint density at radius 3 is 2.35 bits per heavy atom. The van der Waals surface area contributed by atoms with Gasteiger partial charge in [-0.1, -0.05) is 84.4 Å². The Labute approximate surface area is 282 Å². The molecule has 3 aliphatic carbocycles. The van der Waals surface area contributed by atoms with Crippen molar-refractivity contribution in [1.29, 1.82) is 0 Å². The highest BCUT2D eigenvalue weighted by atomic mass is 32.1. The minimum Gasteiger partial charge on any atom is -0.508 e. The first kappa shape index (κ1) is 30.3. The maximum atomic E-state index is 15.1. The first-order valence-corrected chi connectivity index (χ1v) is 17.1. The Kier molecular flexibility index (Phi) is 7.29. The van der Waals surface area contributed by atoms with Gasteiger partial charge in [0.1, 0.15) is 11.5 Å². The second-order valence-electron chi connectivity index (χ2n) is 13.1. The summed E-state index contributed by atoms with van der Waals surface area (Å²) < 4.78 is 5.85. The lowest BCUT2D eigenvalue weighted by Crippen LogP contribution is -2.58. The van der Waals surface area contributed by atoms with E-state index in [-0.39, 0.29) is 42.1 Å². The number of methoxy groups -OCH3 is 1. The van der Waals surface area contributed by atoms with Gasteiger partial charge in [0.05, 0.1) is 30.9 Å². The minimum absolute atomic E-state index is 0.00375. The van der Waals surface area contributed by atoms with Crippen molar-refractivity contribution in [2.24, 2.45) is 23.7 Å². The van der Waals surface area contributed by atoms with Crippen LogP contribution in [0.5, 0.6) is 11.5 Å². The normalized spacial score (nSPS) is 27.9. The number of amides is 2. The predicted octanol–water partition coefficient (Wildman–Crippen LogP) is 6.49. The van der Waals surface area contributed by atoms with Crippen LogP contribution in [0.2, 0.25) is 0 Å². The van der Waals surface area contributed by atoms with Crippen LogP contribution in [0.3, 0.4) is 0 Å². The molecule has 1 saturated heterocycles. The summed E-state index contributed by atoms with van der Waals surface area (Å²) in [6.07, 6.45) is 4.12. The van der Waals surface area contributed by atoms with Gasteiger partial charge < -0.3 is 9.84 Å². The van der Waals surface area contributed by atoms with Crippen molar-refractivity contribution in [3.63, 3.8) is 0 Å². The van der Waals surface area contributed by atoms with E-state index in [0.717, 1.165) is 10.5 Å². The molecule has 1 aromatic heterocycles. The Hall–Kier alpha value is -5.08. The van der Waals surface area contributed by atoms with Crippen LogP contribution in [0, 0.1) is 23.7 Å². The van der Waals surface area contributed by atoms with Crippen LogP contribution >= 0.6 is 11.3 Å². The number of ether oxygens (including phenoxy) is 1. The summed E-state index contributed by atoms with van der Waals surface area (Å²) in [5.74, 6) is -3.63. The smallest absolute Gasteiger partial charge is 0.234 e. The van der Waals surface area contributed by atoms with Crippen molar-refractivity contribution in [2.45, 2.75) is 30.7 Å². The Morgan fingerprint density at radius 2 is 1.65 bits per heavy atom. The summed E-state index contributed by atoms with van der Waals surface area (Å²) in [6.45, 7) is 0.218. The molecule has 48 heavy (non-hydrogen) atoms. The number of hydrogen-bond donors (Lipinski definition) is 1. The second-order valence-corrected chi connectivity index (χ2v) is 14.1. The first-order chi connectivity index (χ1) is 23.3. The van der Waals surface area contributed by atoms with Crippen LogP contribution in [0.15, 0.2) is 114 Å². The molecule has 240 valence electrons. The van der Waals surface area contributed by atoms with Gasteiger partial charge in [-0.25, -0.2) is 0 Å². The van der Waals surface area contributed by atoms with Gasteiger partial charge in [-0.2, -0.15) is 0 Å². The molecule has 2 fully saturated rings. The highest BCUT2D eigenvalue weighted by Gasteiger charge is 2.66. The molecule has 0 bridgehead atoms. The lowest BCUT2D eigenvalue weighted by molar-refractivity contribution is -0.141. The fourth-order valence-electron chi connectivity index (χ4n) is 8.94. The molecule has 0 spiro atoms. The Morgan fingerprint density at radius 1 is 0.896 bits per heavy atom. The number of phenolic OH excluding ortho intramolecular Hbond substituents is 1. The number of nitrogens with zero attached hydrogens (tertiary/aromatic N) is 1. The predicted molar refractivity (Wildman–Crippen MR) is 181 cm³/mol. The highest BCUT2D eigenvalue weighted by molar-refractivity contribution is 7.09. The summed E-state index contributed by atoms with van der Waals surface area (Å²) in [5, 5.41) is 12.4. The summed E-state index contributed by atoms with van der Waals surface area (Å²) in [5.41, 5.74) is 1.85. The molecular formula is C40H33NO6S. The molecule has 1 aliphatic heterocycles. The Balaban J connectivity index is 1.36. The minimum atomic E-state index is -1.36. The van der Waals surface area contributed by atoms with E-state index in [2.05, 4.69) is 0 Å². The molecule has 1 N–H and O–H groups in total. The molecule has 0 unspecified atom stereocenters. The average Bonchev–Trinajstić information content (AvgIpc) is 3.72. The number of Topliss-reactive ketones (excluding diaryl/α,β-unsaturated/α-hetero) is 1. The second kappa shape index (κ2) is 11.6. The number of hydrogen-bond acceptors (Lipinski definition) is 7. The summed E-state index contributed by atoms with van der Waals surface area (Å²) in [6, 6.07) is 27.3. The van der Waals surface area contributed by atoms with Gasteiger partial charge in [0, 0.05) is 33.9 Å². The van der Waals surface area contributed by atoms with E-state index in [1.54, 1.807) is 12.1 Å². The van der Waals surface area contributed by atoms with Crippen molar-refractivity contribution >= 4 is 40.3 Å². The van der Waals surface area contributed by atoms with Crippen molar-refractivity contribution < 1.29 is 29.0 Å². The highest BCUT2D eigenvalue weighted by Crippen LogP contribution is 2.64. The van der Waals surface area contributed by atoms with Crippen LogP contribution in [0.25, 0.3) is 5.57 Å². The number of likely N-dealkylation sites (tertiary alicyclic amines) is 1. The third-order valence-corrected chi connectivity index (χ3v) is 11.7. The molecule has 7 nitrogen and oxygen atoms in total. The zero-order valence-electron chi connectivity index (χ0n) is 26.2. The van der Waals surface area contributed by atoms with Crippen LogP contribution in [-0.4, -0.2) is 40.5 Å². The van der Waals surface area contributed by atoms with Gasteiger partial charge in [-0.05, 0) is 53.5 Å². The van der Waals surface area contributed by atoms with E-state index in [9.17, 15) is 19.5 Å². The number of carbonyl (C=O) groups excluding carboxylic acids is 4. The zero-order chi connectivity index (χ0) is 33.2. The lowest BCUT2D eigenvalue weighted by atomic mass is 9.44. The van der Waals surface area contributed by atoms with Gasteiger partial charge in [-0.3, -0.25) is 24.1 Å². The van der Waals surface area contributed by atoms with Crippen molar-refractivity contribution in [3.05, 3.63) is 136 Å². The van der Waals surface area contributed by atoms with E-state index < -0.39 is 35.0 Å². The van der Waals surface area contributed by atoms with E-state index >= 15 is 4.79 Å². The topological polar surface area (TPSA) is 101 Å². The molecule has 2 heterocycles. The van der Waals surface area contributed by atoms with Gasteiger partial charge in [0.2, 0.25) is 11.8 Å². The third-order valence-electron chi connectivity index (χ3n) is 10.9. The van der Waals surface area contributed by atoms with Crippen LogP contribution in [-0.2, 0) is 31.1 Å². The van der Waals surface area contributed by atoms with Gasteiger partial charge in [0.25, 0.3) is 0 Å². The molecule has 8 rings (SSSR count). The maximum absolute atomic E-state index is 15.1. The molecule has 8 heteroatoms. The summed E-state index contributed by atoms with van der Waals surface area (Å²) >= 11 is 1.50. The number of aromatic hydroxyl groups is 1. The molecule has 3 aromatic carbocycles. The molecule has 1 saturated carbocycles. The maximum Gasteiger partial charge on any atom is 0.234 e. The first-order valence-electron chi connectivity index (χ1n) is 16.2. The number of ketones is 2.